The van der Waals surface area contributed by atoms with Crippen molar-refractivity contribution in [2.75, 3.05) is 13.2 Å². The SMILES string of the molecule is CCOc1ccc(-n2nnc(CN)c2C2CCCO2)cc1. The van der Waals surface area contributed by atoms with Crippen molar-refractivity contribution in [3.05, 3.63) is 35.7 Å². The van der Waals surface area contributed by atoms with Gasteiger partial charge in [0.25, 0.3) is 0 Å². The molecule has 0 spiro atoms. The topological polar surface area (TPSA) is 75.2 Å². The summed E-state index contributed by atoms with van der Waals surface area (Å²) in [6.07, 6.45) is 2.07. The minimum Gasteiger partial charge on any atom is -0.494 e. The molecule has 1 atom stereocenters. The molecule has 2 N–H and O–H groups in total. The number of nitrogens with two attached hydrogens (primary N) is 1. The van der Waals surface area contributed by atoms with E-state index in [4.69, 9.17) is 15.2 Å². The molecule has 3 rings (SSSR count). The van der Waals surface area contributed by atoms with E-state index in [1.165, 1.54) is 0 Å². The Balaban J connectivity index is 1.95. The second-order valence-corrected chi connectivity index (χ2v) is 4.97. The van der Waals surface area contributed by atoms with Crippen LogP contribution in [0.1, 0.15) is 37.3 Å². The summed E-state index contributed by atoms with van der Waals surface area (Å²) in [4.78, 5) is 0. The van der Waals surface area contributed by atoms with E-state index in [1.807, 2.05) is 35.9 Å². The van der Waals surface area contributed by atoms with Crippen LogP contribution in [0.25, 0.3) is 5.69 Å². The van der Waals surface area contributed by atoms with E-state index in [0.717, 1.165) is 42.3 Å². The maximum Gasteiger partial charge on any atom is 0.119 e. The Kier molecular flexibility index (Phi) is 4.17. The third-order valence-corrected chi connectivity index (χ3v) is 3.60. The van der Waals surface area contributed by atoms with Crippen LogP contribution in [0.4, 0.5) is 0 Å². The molecular formula is C15H20N4O2. The van der Waals surface area contributed by atoms with Crippen LogP contribution in [-0.2, 0) is 11.3 Å². The average molecular weight is 288 g/mol. The zero-order chi connectivity index (χ0) is 14.7. The molecule has 0 bridgehead atoms. The monoisotopic (exact) mass is 288 g/mol. The second kappa shape index (κ2) is 6.24. The smallest absolute Gasteiger partial charge is 0.119 e. The highest BCUT2D eigenvalue weighted by atomic mass is 16.5. The Morgan fingerprint density at radius 2 is 2.19 bits per heavy atom. The van der Waals surface area contributed by atoms with Gasteiger partial charge in [-0.15, -0.1) is 5.10 Å². The molecule has 1 unspecified atom stereocenters. The Bertz CT molecular complexity index is 588. The summed E-state index contributed by atoms with van der Waals surface area (Å²) in [5.74, 6) is 0.846. The van der Waals surface area contributed by atoms with Crippen molar-refractivity contribution in [2.24, 2.45) is 5.73 Å². The maximum absolute atomic E-state index is 5.78. The Morgan fingerprint density at radius 1 is 1.38 bits per heavy atom. The highest BCUT2D eigenvalue weighted by Gasteiger charge is 2.26. The molecule has 1 aromatic heterocycles. The van der Waals surface area contributed by atoms with Crippen LogP contribution in [0.2, 0.25) is 0 Å². The van der Waals surface area contributed by atoms with Crippen molar-refractivity contribution in [3.63, 3.8) is 0 Å². The Hall–Kier alpha value is -1.92. The fourth-order valence-electron chi connectivity index (χ4n) is 2.62. The zero-order valence-corrected chi connectivity index (χ0v) is 12.2. The fraction of sp³-hybridized carbons (Fsp3) is 0.467. The lowest BCUT2D eigenvalue weighted by atomic mass is 10.1. The van der Waals surface area contributed by atoms with Gasteiger partial charge in [-0.05, 0) is 44.0 Å². The van der Waals surface area contributed by atoms with Crippen molar-refractivity contribution in [2.45, 2.75) is 32.4 Å². The van der Waals surface area contributed by atoms with Crippen molar-refractivity contribution < 1.29 is 9.47 Å². The number of hydrogen-bond donors (Lipinski definition) is 1. The van der Waals surface area contributed by atoms with Crippen molar-refractivity contribution in [1.29, 1.82) is 0 Å². The van der Waals surface area contributed by atoms with Crippen LogP contribution < -0.4 is 10.5 Å². The molecule has 1 fully saturated rings. The van der Waals surface area contributed by atoms with Crippen molar-refractivity contribution in [3.8, 4) is 11.4 Å². The molecule has 0 radical (unpaired) electrons. The minimum atomic E-state index is 0.0325. The lowest BCUT2D eigenvalue weighted by molar-refractivity contribution is 0.106. The summed E-state index contributed by atoms with van der Waals surface area (Å²) in [6, 6.07) is 7.81. The first-order valence-corrected chi connectivity index (χ1v) is 7.33. The zero-order valence-electron chi connectivity index (χ0n) is 12.2. The van der Waals surface area contributed by atoms with E-state index in [1.54, 1.807) is 0 Å². The lowest BCUT2D eigenvalue weighted by Crippen LogP contribution is -2.10. The summed E-state index contributed by atoms with van der Waals surface area (Å²) in [7, 11) is 0. The molecule has 1 aromatic carbocycles. The van der Waals surface area contributed by atoms with Crippen LogP contribution in [0.5, 0.6) is 5.75 Å². The number of ether oxygens (including phenoxy) is 2. The predicted molar refractivity (Wildman–Crippen MR) is 78.3 cm³/mol. The quantitative estimate of drug-likeness (QED) is 0.910. The van der Waals surface area contributed by atoms with Crippen LogP contribution in [-0.4, -0.2) is 28.2 Å². The summed E-state index contributed by atoms with van der Waals surface area (Å²) in [5, 5.41) is 8.43. The molecule has 112 valence electrons. The summed E-state index contributed by atoms with van der Waals surface area (Å²) >= 11 is 0. The molecule has 0 saturated carbocycles. The van der Waals surface area contributed by atoms with Crippen molar-refractivity contribution >= 4 is 0 Å². The summed E-state index contributed by atoms with van der Waals surface area (Å²) in [6.45, 7) is 3.77. The van der Waals surface area contributed by atoms with Crippen molar-refractivity contribution in [1.82, 2.24) is 15.0 Å². The molecule has 2 heterocycles. The molecule has 0 amide bonds. The van der Waals surface area contributed by atoms with Gasteiger partial charge in [-0.25, -0.2) is 4.68 Å². The lowest BCUT2D eigenvalue weighted by Gasteiger charge is -2.13. The number of aromatic nitrogens is 3. The molecular weight excluding hydrogens is 268 g/mol. The van der Waals surface area contributed by atoms with Gasteiger partial charge in [0.2, 0.25) is 0 Å². The predicted octanol–water partition coefficient (Wildman–Crippen LogP) is 1.98. The summed E-state index contributed by atoms with van der Waals surface area (Å²) < 4.78 is 13.1. The molecule has 1 saturated heterocycles. The first-order valence-electron chi connectivity index (χ1n) is 7.33. The molecule has 6 heteroatoms. The normalized spacial score (nSPS) is 18.1. The van der Waals surface area contributed by atoms with Gasteiger partial charge in [-0.3, -0.25) is 0 Å². The first kappa shape index (κ1) is 14.0. The fourth-order valence-corrected chi connectivity index (χ4v) is 2.62. The maximum atomic E-state index is 5.78. The van der Waals surface area contributed by atoms with Gasteiger partial charge in [0, 0.05) is 13.2 Å². The van der Waals surface area contributed by atoms with E-state index in [0.29, 0.717) is 13.2 Å². The molecule has 2 aromatic rings. The van der Waals surface area contributed by atoms with E-state index in [2.05, 4.69) is 10.3 Å². The molecule has 1 aliphatic rings. The van der Waals surface area contributed by atoms with E-state index < -0.39 is 0 Å². The highest BCUT2D eigenvalue weighted by molar-refractivity contribution is 5.39. The van der Waals surface area contributed by atoms with Crippen LogP contribution >= 0.6 is 0 Å². The standard InChI is InChI=1S/C15H20N4O2/c1-2-20-12-7-5-11(6-8-12)19-15(13(10-16)17-18-19)14-4-3-9-21-14/h5-8,14H,2-4,9-10,16H2,1H3. The second-order valence-electron chi connectivity index (χ2n) is 4.97. The van der Waals surface area contributed by atoms with Crippen LogP contribution in [0.3, 0.4) is 0 Å². The van der Waals surface area contributed by atoms with E-state index >= 15 is 0 Å². The number of rotatable bonds is 5. The number of benzene rings is 1. The highest BCUT2D eigenvalue weighted by Crippen LogP contribution is 2.31. The van der Waals surface area contributed by atoms with Gasteiger partial charge >= 0.3 is 0 Å². The van der Waals surface area contributed by atoms with Gasteiger partial charge in [-0.2, -0.15) is 0 Å². The van der Waals surface area contributed by atoms with E-state index in [-0.39, 0.29) is 6.10 Å². The van der Waals surface area contributed by atoms with Crippen LogP contribution in [0.15, 0.2) is 24.3 Å². The molecule has 21 heavy (non-hydrogen) atoms. The van der Waals surface area contributed by atoms with Gasteiger partial charge in [-0.1, -0.05) is 5.21 Å². The summed E-state index contributed by atoms with van der Waals surface area (Å²) in [5.41, 5.74) is 8.50. The minimum absolute atomic E-state index is 0.0325. The van der Waals surface area contributed by atoms with Gasteiger partial charge in [0.05, 0.1) is 18.0 Å². The largest absolute Gasteiger partial charge is 0.494 e. The van der Waals surface area contributed by atoms with Gasteiger partial charge in [0.1, 0.15) is 17.5 Å². The van der Waals surface area contributed by atoms with E-state index in [9.17, 15) is 0 Å². The first-order chi connectivity index (χ1) is 10.3. The number of nitrogens with zero attached hydrogens (tertiary/aromatic N) is 3. The Morgan fingerprint density at radius 3 is 2.81 bits per heavy atom. The average Bonchev–Trinajstić information content (AvgIpc) is 3.17. The number of hydrogen-bond acceptors (Lipinski definition) is 5. The third-order valence-electron chi connectivity index (χ3n) is 3.60. The Labute approximate surface area is 123 Å². The molecule has 0 aliphatic carbocycles. The molecule has 1 aliphatic heterocycles. The molecule has 6 nitrogen and oxygen atoms in total. The van der Waals surface area contributed by atoms with Gasteiger partial charge < -0.3 is 15.2 Å². The van der Waals surface area contributed by atoms with Gasteiger partial charge in [0.15, 0.2) is 0 Å². The third kappa shape index (κ3) is 2.77. The van der Waals surface area contributed by atoms with Crippen LogP contribution in [0, 0.1) is 0 Å².